The number of nitrogens with zero attached hydrogens (tertiary/aromatic N) is 1. The zero-order valence-electron chi connectivity index (χ0n) is 12.7. The van der Waals surface area contributed by atoms with Crippen molar-refractivity contribution in [3.05, 3.63) is 34.9 Å². The van der Waals surface area contributed by atoms with Crippen LogP contribution in [0.25, 0.3) is 6.08 Å². The Morgan fingerprint density at radius 1 is 1.27 bits per heavy atom. The van der Waals surface area contributed by atoms with Crippen LogP contribution in [0.2, 0.25) is 0 Å². The number of esters is 1. The van der Waals surface area contributed by atoms with Gasteiger partial charge in [-0.1, -0.05) is 0 Å². The lowest BCUT2D eigenvalue weighted by molar-refractivity contribution is -0.141. The molecule has 22 heavy (non-hydrogen) atoms. The Labute approximate surface area is 128 Å². The second-order valence-electron chi connectivity index (χ2n) is 4.31. The largest absolute Gasteiger partial charge is 0.496 e. The zero-order chi connectivity index (χ0) is 16.5. The Hall–Kier alpha value is -2.65. The Kier molecular flexibility index (Phi) is 6.80. The summed E-state index contributed by atoms with van der Waals surface area (Å²) in [5, 5.41) is 8.87. The first-order valence-electron chi connectivity index (χ1n) is 6.50. The average molecular weight is 303 g/mol. The van der Waals surface area contributed by atoms with Crippen LogP contribution in [-0.4, -0.2) is 39.2 Å². The van der Waals surface area contributed by atoms with Crippen LogP contribution in [0, 0.1) is 11.3 Å². The first-order valence-corrected chi connectivity index (χ1v) is 6.50. The molecule has 0 unspecified atom stereocenters. The summed E-state index contributed by atoms with van der Waals surface area (Å²) in [4.78, 5) is 23.6. The van der Waals surface area contributed by atoms with Gasteiger partial charge in [0.2, 0.25) is 0 Å². The number of ketones is 1. The number of benzene rings is 1. The molecule has 6 heteroatoms. The number of Topliss-reactive ketones (excluding diaryl/α,β-unsaturated/α-hetero) is 1. The van der Waals surface area contributed by atoms with Crippen LogP contribution in [0.4, 0.5) is 0 Å². The lowest BCUT2D eigenvalue weighted by Gasteiger charge is -2.08. The zero-order valence-corrected chi connectivity index (χ0v) is 12.7. The van der Waals surface area contributed by atoms with Crippen molar-refractivity contribution in [1.29, 1.82) is 5.26 Å². The van der Waals surface area contributed by atoms with Crippen LogP contribution in [-0.2, 0) is 19.1 Å². The molecule has 1 aromatic rings. The Morgan fingerprint density at radius 3 is 2.55 bits per heavy atom. The Bertz CT molecular complexity index is 628. The summed E-state index contributed by atoms with van der Waals surface area (Å²) >= 11 is 0. The fourth-order valence-corrected chi connectivity index (χ4v) is 1.66. The maximum Gasteiger partial charge on any atom is 0.341 e. The third-order valence-electron chi connectivity index (χ3n) is 2.78. The Balaban J connectivity index is 3.11. The third kappa shape index (κ3) is 4.72. The quantitative estimate of drug-likeness (QED) is 0.251. The van der Waals surface area contributed by atoms with E-state index in [1.165, 1.54) is 33.3 Å². The monoisotopic (exact) mass is 303 g/mol. The predicted octanol–water partition coefficient (Wildman–Crippen LogP) is 1.73. The van der Waals surface area contributed by atoms with E-state index in [9.17, 15) is 9.59 Å². The van der Waals surface area contributed by atoms with Gasteiger partial charge in [-0.05, 0) is 31.2 Å². The standard InChI is InChI=1S/C16H17NO5/c1-11(18)14(16(19)22-7-6-20-2)9-13-5-4-12(10-17)8-15(13)21-3/h4-5,8-9H,6-7H2,1-3H3. The van der Waals surface area contributed by atoms with Gasteiger partial charge in [0.05, 0.1) is 25.3 Å². The lowest BCUT2D eigenvalue weighted by Crippen LogP contribution is -2.16. The topological polar surface area (TPSA) is 85.6 Å². The molecule has 0 heterocycles. The fourth-order valence-electron chi connectivity index (χ4n) is 1.66. The highest BCUT2D eigenvalue weighted by atomic mass is 16.6. The molecular formula is C16H17NO5. The van der Waals surface area contributed by atoms with E-state index in [-0.39, 0.29) is 18.8 Å². The molecule has 0 saturated carbocycles. The summed E-state index contributed by atoms with van der Waals surface area (Å²) in [6.07, 6.45) is 1.39. The van der Waals surface area contributed by atoms with Crippen molar-refractivity contribution < 1.29 is 23.8 Å². The van der Waals surface area contributed by atoms with Crippen molar-refractivity contribution in [1.82, 2.24) is 0 Å². The van der Waals surface area contributed by atoms with E-state index in [4.69, 9.17) is 19.5 Å². The van der Waals surface area contributed by atoms with Crippen LogP contribution in [0.1, 0.15) is 18.1 Å². The molecular weight excluding hydrogens is 286 g/mol. The molecule has 0 atom stereocenters. The summed E-state index contributed by atoms with van der Waals surface area (Å²) in [7, 11) is 2.93. The number of hydrogen-bond donors (Lipinski definition) is 0. The second kappa shape index (κ2) is 8.60. The molecule has 116 valence electrons. The first-order chi connectivity index (χ1) is 10.5. The molecule has 0 aliphatic carbocycles. The summed E-state index contributed by atoms with van der Waals surface area (Å²) in [5.74, 6) is -0.757. The van der Waals surface area contributed by atoms with Crippen LogP contribution < -0.4 is 4.74 Å². The first kappa shape index (κ1) is 17.4. The minimum Gasteiger partial charge on any atom is -0.496 e. The smallest absolute Gasteiger partial charge is 0.341 e. The molecule has 0 saturated heterocycles. The van der Waals surface area contributed by atoms with Gasteiger partial charge in [-0.3, -0.25) is 4.79 Å². The van der Waals surface area contributed by atoms with E-state index >= 15 is 0 Å². The van der Waals surface area contributed by atoms with Crippen molar-refractivity contribution >= 4 is 17.8 Å². The summed E-state index contributed by atoms with van der Waals surface area (Å²) in [6.45, 7) is 1.58. The maximum absolute atomic E-state index is 11.9. The number of nitriles is 1. The van der Waals surface area contributed by atoms with Crippen LogP contribution >= 0.6 is 0 Å². The van der Waals surface area contributed by atoms with E-state index < -0.39 is 11.8 Å². The second-order valence-corrected chi connectivity index (χ2v) is 4.31. The Morgan fingerprint density at radius 2 is 2.00 bits per heavy atom. The van der Waals surface area contributed by atoms with Gasteiger partial charge in [0, 0.05) is 12.7 Å². The summed E-state index contributed by atoms with van der Waals surface area (Å²) in [5.41, 5.74) is 0.829. The SMILES string of the molecule is COCCOC(=O)C(=Cc1ccc(C#N)cc1OC)C(C)=O. The summed E-state index contributed by atoms with van der Waals surface area (Å²) in [6, 6.07) is 6.69. The number of methoxy groups -OCH3 is 2. The van der Waals surface area contributed by atoms with Gasteiger partial charge in [-0.2, -0.15) is 5.26 Å². The highest BCUT2D eigenvalue weighted by Gasteiger charge is 2.17. The maximum atomic E-state index is 11.9. The van der Waals surface area contributed by atoms with E-state index in [0.717, 1.165) is 0 Å². The van der Waals surface area contributed by atoms with Crippen molar-refractivity contribution in [2.45, 2.75) is 6.92 Å². The molecule has 0 aliphatic rings. The average Bonchev–Trinajstić information content (AvgIpc) is 2.52. The number of rotatable bonds is 7. The van der Waals surface area contributed by atoms with Crippen LogP contribution in [0.15, 0.2) is 23.8 Å². The van der Waals surface area contributed by atoms with Gasteiger partial charge in [-0.15, -0.1) is 0 Å². The number of hydrogen-bond acceptors (Lipinski definition) is 6. The molecule has 6 nitrogen and oxygen atoms in total. The number of ether oxygens (including phenoxy) is 3. The number of carbonyl (C=O) groups excluding carboxylic acids is 2. The van der Waals surface area contributed by atoms with Gasteiger partial charge in [-0.25, -0.2) is 4.79 Å². The van der Waals surface area contributed by atoms with Crippen molar-refractivity contribution in [3.63, 3.8) is 0 Å². The molecule has 0 aromatic heterocycles. The minimum atomic E-state index is -0.726. The predicted molar refractivity (Wildman–Crippen MR) is 79.2 cm³/mol. The normalized spacial score (nSPS) is 10.7. The van der Waals surface area contributed by atoms with Crippen LogP contribution in [0.5, 0.6) is 5.75 Å². The van der Waals surface area contributed by atoms with Gasteiger partial charge in [0.25, 0.3) is 0 Å². The molecule has 0 fully saturated rings. The van der Waals surface area contributed by atoms with E-state index in [0.29, 0.717) is 16.9 Å². The van der Waals surface area contributed by atoms with Crippen molar-refractivity contribution in [3.8, 4) is 11.8 Å². The van der Waals surface area contributed by atoms with Gasteiger partial charge in [0.15, 0.2) is 5.78 Å². The molecule has 1 aromatic carbocycles. The minimum absolute atomic E-state index is 0.0600. The fraction of sp³-hybridized carbons (Fsp3) is 0.312. The molecule has 1 rings (SSSR count). The lowest BCUT2D eigenvalue weighted by atomic mass is 10.1. The van der Waals surface area contributed by atoms with E-state index in [2.05, 4.69) is 0 Å². The highest BCUT2D eigenvalue weighted by Crippen LogP contribution is 2.23. The molecule has 0 spiro atoms. The van der Waals surface area contributed by atoms with E-state index in [1.54, 1.807) is 12.1 Å². The van der Waals surface area contributed by atoms with Gasteiger partial charge >= 0.3 is 5.97 Å². The molecule has 0 N–H and O–H groups in total. The van der Waals surface area contributed by atoms with Crippen LogP contribution in [0.3, 0.4) is 0 Å². The molecule has 0 amide bonds. The van der Waals surface area contributed by atoms with Gasteiger partial charge in [0.1, 0.15) is 17.9 Å². The number of carbonyl (C=O) groups is 2. The molecule has 0 radical (unpaired) electrons. The molecule has 0 aliphatic heterocycles. The van der Waals surface area contributed by atoms with E-state index in [1.807, 2.05) is 6.07 Å². The summed E-state index contributed by atoms with van der Waals surface area (Å²) < 4.78 is 14.9. The third-order valence-corrected chi connectivity index (χ3v) is 2.78. The highest BCUT2D eigenvalue weighted by molar-refractivity contribution is 6.19. The van der Waals surface area contributed by atoms with Crippen molar-refractivity contribution in [2.24, 2.45) is 0 Å². The molecule has 0 bridgehead atoms. The van der Waals surface area contributed by atoms with Gasteiger partial charge < -0.3 is 14.2 Å². The van der Waals surface area contributed by atoms with Crippen molar-refractivity contribution in [2.75, 3.05) is 27.4 Å².